The van der Waals surface area contributed by atoms with E-state index < -0.39 is 59.3 Å². The zero-order valence-corrected chi connectivity index (χ0v) is 21.5. The van der Waals surface area contributed by atoms with Crippen molar-refractivity contribution in [3.05, 3.63) is 70.8 Å². The number of piperidine rings is 1. The van der Waals surface area contributed by atoms with Crippen LogP contribution in [0.4, 0.5) is 26.3 Å². The lowest BCUT2D eigenvalue weighted by molar-refractivity contribution is -0.143. The third-order valence-electron chi connectivity index (χ3n) is 8.17. The van der Waals surface area contributed by atoms with Gasteiger partial charge in [-0.25, -0.2) is 0 Å². The van der Waals surface area contributed by atoms with Gasteiger partial charge in [0.15, 0.2) is 0 Å². The molecule has 0 aromatic heterocycles. The fraction of sp³-hybridized carbons (Fsp3) is 0.536. The van der Waals surface area contributed by atoms with E-state index in [4.69, 9.17) is 9.47 Å². The predicted octanol–water partition coefficient (Wildman–Crippen LogP) is 4.67. The SMILES string of the molecule is O=C([C@@H]1C[C@]2(c3ccccc3)N[C@H]1CC[C@H]2O[C@@H](CO)c1cc(C(F)(F)F)cc(C(F)(F)F)c1)N1CCOCC1. The molecule has 0 radical (unpaired) electrons. The number of amides is 1. The van der Waals surface area contributed by atoms with Crippen molar-refractivity contribution in [2.24, 2.45) is 5.92 Å². The maximum Gasteiger partial charge on any atom is 0.416 e. The average molecular weight is 573 g/mol. The predicted molar refractivity (Wildman–Crippen MR) is 131 cm³/mol. The molecule has 6 nitrogen and oxygen atoms in total. The van der Waals surface area contributed by atoms with Gasteiger partial charge in [0.2, 0.25) is 5.91 Å². The average Bonchev–Trinajstić information content (AvgIpc) is 3.26. The molecular formula is C28H30F6N2O4. The zero-order chi connectivity index (χ0) is 28.7. The van der Waals surface area contributed by atoms with E-state index in [0.29, 0.717) is 57.7 Å². The molecular weight excluding hydrogens is 542 g/mol. The quantitative estimate of drug-likeness (QED) is 0.493. The second kappa shape index (κ2) is 11.0. The first-order valence-corrected chi connectivity index (χ1v) is 13.2. The van der Waals surface area contributed by atoms with Gasteiger partial charge in [-0.1, -0.05) is 30.3 Å². The van der Waals surface area contributed by atoms with Crippen molar-refractivity contribution in [2.75, 3.05) is 32.9 Å². The van der Waals surface area contributed by atoms with Gasteiger partial charge in [-0.15, -0.1) is 0 Å². The molecule has 3 heterocycles. The number of hydrogen-bond acceptors (Lipinski definition) is 5. The molecule has 2 aromatic rings. The number of hydrogen-bond donors (Lipinski definition) is 2. The summed E-state index contributed by atoms with van der Waals surface area (Å²) >= 11 is 0. The summed E-state index contributed by atoms with van der Waals surface area (Å²) in [5, 5.41) is 13.7. The van der Waals surface area contributed by atoms with Crippen LogP contribution in [0.15, 0.2) is 48.5 Å². The number of ether oxygens (including phenoxy) is 2. The highest BCUT2D eigenvalue weighted by atomic mass is 19.4. The van der Waals surface area contributed by atoms with Gasteiger partial charge in [-0.05, 0) is 48.6 Å². The zero-order valence-electron chi connectivity index (χ0n) is 21.5. The lowest BCUT2D eigenvalue weighted by Gasteiger charge is -2.43. The number of carbonyl (C=O) groups excluding carboxylic acids is 1. The van der Waals surface area contributed by atoms with Crippen LogP contribution < -0.4 is 5.32 Å². The van der Waals surface area contributed by atoms with E-state index in [9.17, 15) is 36.2 Å². The molecule has 3 aliphatic rings. The smallest absolute Gasteiger partial charge is 0.393 e. The first-order chi connectivity index (χ1) is 18.9. The lowest BCUT2D eigenvalue weighted by Crippen LogP contribution is -2.55. The van der Waals surface area contributed by atoms with Gasteiger partial charge in [0, 0.05) is 19.1 Å². The summed E-state index contributed by atoms with van der Waals surface area (Å²) in [6.45, 7) is 1.01. The molecule has 3 saturated heterocycles. The maximum atomic E-state index is 13.5. The number of benzene rings is 2. The second-order valence-corrected chi connectivity index (χ2v) is 10.5. The van der Waals surface area contributed by atoms with Gasteiger partial charge in [-0.2, -0.15) is 26.3 Å². The minimum absolute atomic E-state index is 0.0225. The highest BCUT2D eigenvalue weighted by molar-refractivity contribution is 5.80. The first kappa shape index (κ1) is 28.8. The van der Waals surface area contributed by atoms with Crippen LogP contribution in [-0.2, 0) is 32.2 Å². The molecule has 0 aliphatic carbocycles. The summed E-state index contributed by atoms with van der Waals surface area (Å²) < 4.78 is 92.7. The van der Waals surface area contributed by atoms with Crippen molar-refractivity contribution in [3.8, 4) is 0 Å². The van der Waals surface area contributed by atoms with Crippen molar-refractivity contribution in [1.29, 1.82) is 0 Å². The fourth-order valence-electron chi connectivity index (χ4n) is 6.23. The molecule has 5 rings (SSSR count). The molecule has 2 aromatic carbocycles. The maximum absolute atomic E-state index is 13.5. The van der Waals surface area contributed by atoms with Crippen molar-refractivity contribution < 1.29 is 45.7 Å². The normalized spacial score (nSPS) is 28.0. The Kier molecular flexibility index (Phi) is 7.90. The van der Waals surface area contributed by atoms with Gasteiger partial charge < -0.3 is 24.8 Å². The van der Waals surface area contributed by atoms with E-state index in [0.717, 1.165) is 5.56 Å². The molecule has 0 unspecified atom stereocenters. The van der Waals surface area contributed by atoms with Crippen LogP contribution in [0, 0.1) is 5.92 Å². The Hall–Kier alpha value is -2.67. The molecule has 2 N–H and O–H groups in total. The van der Waals surface area contributed by atoms with E-state index in [1.54, 1.807) is 4.90 Å². The summed E-state index contributed by atoms with van der Waals surface area (Å²) in [6, 6.07) is 10.2. The number of nitrogens with one attached hydrogen (secondary N) is 1. The van der Waals surface area contributed by atoms with E-state index >= 15 is 0 Å². The van der Waals surface area contributed by atoms with Gasteiger partial charge in [0.05, 0.1) is 48.5 Å². The molecule has 3 aliphatic heterocycles. The molecule has 0 spiro atoms. The Morgan fingerprint density at radius 1 is 1.02 bits per heavy atom. The fourth-order valence-corrected chi connectivity index (χ4v) is 6.23. The molecule has 1 amide bonds. The van der Waals surface area contributed by atoms with Gasteiger partial charge in [0.1, 0.15) is 6.10 Å². The first-order valence-electron chi connectivity index (χ1n) is 13.2. The minimum Gasteiger partial charge on any atom is -0.393 e. The van der Waals surface area contributed by atoms with E-state index in [1.165, 1.54) is 0 Å². The Labute approximate surface area is 227 Å². The summed E-state index contributed by atoms with van der Waals surface area (Å²) in [6.07, 6.45) is -11.0. The van der Waals surface area contributed by atoms with Crippen LogP contribution >= 0.6 is 0 Å². The number of alkyl halides is 6. The van der Waals surface area contributed by atoms with E-state index in [-0.39, 0.29) is 18.0 Å². The highest BCUT2D eigenvalue weighted by Gasteiger charge is 2.57. The van der Waals surface area contributed by atoms with Crippen LogP contribution in [0.5, 0.6) is 0 Å². The van der Waals surface area contributed by atoms with E-state index in [1.807, 2.05) is 30.3 Å². The molecule has 5 atom stereocenters. The Balaban J connectivity index is 1.48. The van der Waals surface area contributed by atoms with Gasteiger partial charge in [-0.3, -0.25) is 4.79 Å². The van der Waals surface area contributed by atoms with Crippen molar-refractivity contribution in [2.45, 2.75) is 55.4 Å². The second-order valence-electron chi connectivity index (χ2n) is 10.5. The molecule has 0 saturated carbocycles. The molecule has 3 fully saturated rings. The monoisotopic (exact) mass is 572 g/mol. The summed E-state index contributed by atoms with van der Waals surface area (Å²) in [7, 11) is 0. The number of rotatable bonds is 6. The summed E-state index contributed by atoms with van der Waals surface area (Å²) in [4.78, 5) is 15.3. The number of nitrogens with zero attached hydrogens (tertiary/aromatic N) is 1. The van der Waals surface area contributed by atoms with Crippen LogP contribution in [0.2, 0.25) is 0 Å². The third kappa shape index (κ3) is 5.59. The Morgan fingerprint density at radius 2 is 1.65 bits per heavy atom. The van der Waals surface area contributed by atoms with Crippen molar-refractivity contribution in [3.63, 3.8) is 0 Å². The number of halogens is 6. The third-order valence-corrected chi connectivity index (χ3v) is 8.17. The molecule has 218 valence electrons. The van der Waals surface area contributed by atoms with Crippen molar-refractivity contribution in [1.82, 2.24) is 10.2 Å². The number of morpholine rings is 1. The van der Waals surface area contributed by atoms with Crippen LogP contribution in [0.3, 0.4) is 0 Å². The van der Waals surface area contributed by atoms with Crippen LogP contribution in [-0.4, -0.2) is 61.0 Å². The minimum atomic E-state index is -5.03. The number of aliphatic hydroxyl groups excluding tert-OH is 1. The van der Waals surface area contributed by atoms with Crippen LogP contribution in [0.25, 0.3) is 0 Å². The van der Waals surface area contributed by atoms with Crippen LogP contribution in [0.1, 0.15) is 47.6 Å². The van der Waals surface area contributed by atoms with E-state index in [2.05, 4.69) is 5.32 Å². The summed E-state index contributed by atoms with van der Waals surface area (Å²) in [5.74, 6) is -0.421. The number of fused-ring (bicyclic) bond motifs is 2. The standard InChI is InChI=1S/C28H30F6N2O4/c29-27(30,31)19-12-17(13-20(14-19)28(32,33)34)23(16-37)40-24-7-6-22-21(25(38)36-8-10-39-11-9-36)15-26(24,35-22)18-4-2-1-3-5-18/h1-5,12-14,21-24,35,37H,6-11,15-16H2/t21-,22+,23+,24-,26-/m1/s1. The molecule has 12 heteroatoms. The van der Waals surface area contributed by atoms with Gasteiger partial charge in [0.25, 0.3) is 0 Å². The van der Waals surface area contributed by atoms with Crippen molar-refractivity contribution >= 4 is 5.91 Å². The number of aliphatic hydroxyl groups is 1. The lowest BCUT2D eigenvalue weighted by atomic mass is 9.79. The Bertz CT molecular complexity index is 1170. The largest absolute Gasteiger partial charge is 0.416 e. The summed E-state index contributed by atoms with van der Waals surface area (Å²) in [5.41, 5.74) is -3.52. The molecule has 2 bridgehead atoms. The van der Waals surface area contributed by atoms with Gasteiger partial charge >= 0.3 is 12.4 Å². The Morgan fingerprint density at radius 3 is 2.23 bits per heavy atom. The highest BCUT2D eigenvalue weighted by Crippen LogP contribution is 2.49. The molecule has 40 heavy (non-hydrogen) atoms. The number of carbonyl (C=O) groups is 1. The topological polar surface area (TPSA) is 71.0 Å².